The van der Waals surface area contributed by atoms with E-state index in [-0.39, 0.29) is 10.9 Å². The molecule has 160 valence electrons. The summed E-state index contributed by atoms with van der Waals surface area (Å²) in [6, 6.07) is 9.90. The summed E-state index contributed by atoms with van der Waals surface area (Å²) in [5, 5.41) is 3.30. The molecule has 2 aromatic carbocycles. The fourth-order valence-electron chi connectivity index (χ4n) is 2.40. The molecule has 0 saturated carbocycles. The molecule has 0 saturated heterocycles. The first-order valence-electron chi connectivity index (χ1n) is 8.44. The van der Waals surface area contributed by atoms with Crippen molar-refractivity contribution in [2.24, 2.45) is 0 Å². The van der Waals surface area contributed by atoms with Gasteiger partial charge in [-0.2, -0.15) is 13.2 Å². The van der Waals surface area contributed by atoms with E-state index in [9.17, 15) is 26.3 Å². The molecule has 3 rings (SSSR count). The predicted molar refractivity (Wildman–Crippen MR) is 97.3 cm³/mol. The normalized spacial score (nSPS) is 12.1. The Morgan fingerprint density at radius 1 is 0.900 bits per heavy atom. The summed E-state index contributed by atoms with van der Waals surface area (Å²) < 4.78 is 83.8. The van der Waals surface area contributed by atoms with E-state index in [1.165, 1.54) is 41.8 Å². The Morgan fingerprint density at radius 2 is 1.60 bits per heavy atom. The topological polar surface area (TPSA) is 43.4 Å². The molecule has 0 aliphatic rings. The van der Waals surface area contributed by atoms with Gasteiger partial charge in [-0.05, 0) is 29.8 Å². The smallest absolute Gasteiger partial charge is 0.431 e. The van der Waals surface area contributed by atoms with Crippen molar-refractivity contribution in [1.82, 2.24) is 10.3 Å². The first kappa shape index (κ1) is 21.9. The van der Waals surface area contributed by atoms with E-state index in [1.54, 1.807) is 0 Å². The molecule has 0 amide bonds. The van der Waals surface area contributed by atoms with Crippen LogP contribution in [0.3, 0.4) is 0 Å². The number of ether oxygens (including phenoxy) is 2. The van der Waals surface area contributed by atoms with E-state index in [1.807, 2.05) is 0 Å². The molecular formula is C19H14F6N2O2S. The summed E-state index contributed by atoms with van der Waals surface area (Å²) in [7, 11) is 0. The molecule has 30 heavy (non-hydrogen) atoms. The van der Waals surface area contributed by atoms with Crippen LogP contribution in [-0.2, 0) is 19.3 Å². The van der Waals surface area contributed by atoms with Gasteiger partial charge < -0.3 is 14.8 Å². The number of nitrogens with zero attached hydrogens (tertiary/aromatic N) is 1. The van der Waals surface area contributed by atoms with Gasteiger partial charge in [-0.25, -0.2) is 4.98 Å². The molecule has 0 atom stereocenters. The zero-order valence-electron chi connectivity index (χ0n) is 15.1. The van der Waals surface area contributed by atoms with Crippen LogP contribution in [0.5, 0.6) is 16.7 Å². The highest BCUT2D eigenvalue weighted by Gasteiger charge is 2.31. The van der Waals surface area contributed by atoms with Crippen LogP contribution in [0.1, 0.15) is 16.0 Å². The zero-order chi connectivity index (χ0) is 21.8. The summed E-state index contributed by atoms with van der Waals surface area (Å²) in [6.07, 6.45) is -7.63. The van der Waals surface area contributed by atoms with E-state index in [2.05, 4.69) is 15.0 Å². The third-order valence-electron chi connectivity index (χ3n) is 3.69. The van der Waals surface area contributed by atoms with Gasteiger partial charge in [-0.3, -0.25) is 0 Å². The Balaban J connectivity index is 1.51. The minimum absolute atomic E-state index is 0.135. The van der Waals surface area contributed by atoms with Gasteiger partial charge in [0.2, 0.25) is 0 Å². The maximum Gasteiger partial charge on any atom is 0.573 e. The molecule has 1 heterocycles. The molecular weight excluding hydrogens is 434 g/mol. The average molecular weight is 448 g/mol. The molecule has 0 aliphatic carbocycles. The van der Waals surface area contributed by atoms with Gasteiger partial charge in [0.15, 0.2) is 0 Å². The second kappa shape index (κ2) is 8.92. The quantitative estimate of drug-likeness (QED) is 0.441. The van der Waals surface area contributed by atoms with Crippen LogP contribution in [0.25, 0.3) is 0 Å². The van der Waals surface area contributed by atoms with Gasteiger partial charge in [-0.15, -0.1) is 13.2 Å². The average Bonchev–Trinajstić information content (AvgIpc) is 3.07. The van der Waals surface area contributed by atoms with Crippen LogP contribution >= 0.6 is 11.3 Å². The summed E-state index contributed by atoms with van der Waals surface area (Å²) in [5.74, 6) is -0.273. The Bertz CT molecular complexity index is 970. The lowest BCUT2D eigenvalue weighted by Crippen LogP contribution is -2.16. The molecule has 3 aromatic rings. The van der Waals surface area contributed by atoms with Gasteiger partial charge in [0.1, 0.15) is 11.5 Å². The fraction of sp³-hybridized carbons (Fsp3) is 0.211. The lowest BCUT2D eigenvalue weighted by atomic mass is 10.1. The highest BCUT2D eigenvalue weighted by molar-refractivity contribution is 7.13. The van der Waals surface area contributed by atoms with Crippen molar-refractivity contribution >= 4 is 11.3 Å². The van der Waals surface area contributed by atoms with Crippen molar-refractivity contribution in [3.05, 3.63) is 70.7 Å². The zero-order valence-corrected chi connectivity index (χ0v) is 15.9. The third-order valence-corrected chi connectivity index (χ3v) is 4.56. The molecule has 0 unspecified atom stereocenters. The number of hydrogen-bond acceptors (Lipinski definition) is 5. The number of hydrogen-bond donors (Lipinski definition) is 1. The van der Waals surface area contributed by atoms with Crippen molar-refractivity contribution in [3.63, 3.8) is 0 Å². The van der Waals surface area contributed by atoms with Crippen LogP contribution in [0.2, 0.25) is 0 Å². The number of alkyl halides is 6. The number of aromatic nitrogens is 1. The Kier molecular flexibility index (Phi) is 6.52. The maximum atomic E-state index is 12.6. The number of benzene rings is 2. The minimum Gasteiger partial charge on any atom is -0.431 e. The Labute approximate surface area is 171 Å². The van der Waals surface area contributed by atoms with Gasteiger partial charge >= 0.3 is 12.5 Å². The molecule has 0 bridgehead atoms. The Morgan fingerprint density at radius 3 is 2.27 bits per heavy atom. The lowest BCUT2D eigenvalue weighted by molar-refractivity contribution is -0.274. The number of rotatable bonds is 7. The summed E-state index contributed by atoms with van der Waals surface area (Å²) in [6.45, 7) is 0.738. The molecule has 11 heteroatoms. The van der Waals surface area contributed by atoms with Crippen LogP contribution in [-0.4, -0.2) is 11.3 Å². The van der Waals surface area contributed by atoms with Crippen LogP contribution in [0, 0.1) is 0 Å². The van der Waals surface area contributed by atoms with E-state index in [0.717, 1.165) is 29.1 Å². The van der Waals surface area contributed by atoms with Crippen molar-refractivity contribution in [2.75, 3.05) is 0 Å². The summed E-state index contributed by atoms with van der Waals surface area (Å²) in [4.78, 5) is 4.83. The van der Waals surface area contributed by atoms with Crippen LogP contribution in [0.4, 0.5) is 26.3 Å². The first-order valence-corrected chi connectivity index (χ1v) is 9.25. The predicted octanol–water partition coefficient (Wildman–Crippen LogP) is 6.14. The SMILES string of the molecule is FC(F)(F)Oc1cccc(Oc2ncc(CNCc3ccc(C(F)(F)F)cc3)s2)c1. The Hall–Kier alpha value is -2.79. The third kappa shape index (κ3) is 6.63. The van der Waals surface area contributed by atoms with Crippen molar-refractivity contribution in [2.45, 2.75) is 25.6 Å². The second-order valence-electron chi connectivity index (χ2n) is 6.02. The van der Waals surface area contributed by atoms with Gasteiger partial charge in [0.25, 0.3) is 5.19 Å². The molecule has 0 radical (unpaired) electrons. The van der Waals surface area contributed by atoms with Crippen molar-refractivity contribution in [3.8, 4) is 16.7 Å². The van der Waals surface area contributed by atoms with Crippen LogP contribution < -0.4 is 14.8 Å². The van der Waals surface area contributed by atoms with E-state index in [4.69, 9.17) is 4.74 Å². The molecule has 0 spiro atoms. The summed E-state index contributed by atoms with van der Waals surface area (Å²) >= 11 is 1.18. The van der Waals surface area contributed by atoms with Crippen molar-refractivity contribution < 1.29 is 35.8 Å². The first-order chi connectivity index (χ1) is 14.1. The molecule has 1 aromatic heterocycles. The van der Waals surface area contributed by atoms with Gasteiger partial charge in [0.05, 0.1) is 5.56 Å². The van der Waals surface area contributed by atoms with Crippen molar-refractivity contribution in [1.29, 1.82) is 0 Å². The maximum absolute atomic E-state index is 12.6. The van der Waals surface area contributed by atoms with Gasteiger partial charge in [-0.1, -0.05) is 29.5 Å². The lowest BCUT2D eigenvalue weighted by Gasteiger charge is -2.09. The molecule has 0 fully saturated rings. The monoisotopic (exact) mass is 448 g/mol. The minimum atomic E-state index is -4.80. The number of thiazole rings is 1. The largest absolute Gasteiger partial charge is 0.573 e. The van der Waals surface area contributed by atoms with E-state index < -0.39 is 23.9 Å². The number of nitrogens with one attached hydrogen (secondary N) is 1. The molecule has 0 aliphatic heterocycles. The standard InChI is InChI=1S/C19H14F6N2O2S/c20-18(21,22)13-6-4-12(5-7-13)9-26-10-16-11-27-17(30-16)28-14-2-1-3-15(8-14)29-19(23,24)25/h1-8,11,26H,9-10H2. The van der Waals surface area contributed by atoms with E-state index in [0.29, 0.717) is 18.7 Å². The van der Waals surface area contributed by atoms with E-state index >= 15 is 0 Å². The second-order valence-corrected chi connectivity index (χ2v) is 7.09. The number of halogens is 6. The highest BCUT2D eigenvalue weighted by Crippen LogP contribution is 2.31. The van der Waals surface area contributed by atoms with Crippen LogP contribution in [0.15, 0.2) is 54.7 Å². The molecule has 1 N–H and O–H groups in total. The highest BCUT2D eigenvalue weighted by atomic mass is 32.1. The summed E-state index contributed by atoms with van der Waals surface area (Å²) in [5.41, 5.74) is -0.0225. The van der Waals surface area contributed by atoms with Gasteiger partial charge in [0, 0.05) is 30.2 Å². The fourth-order valence-corrected chi connectivity index (χ4v) is 3.14. The molecule has 4 nitrogen and oxygen atoms in total.